The number of fused-ring (bicyclic) bond motifs is 1. The Hall–Kier alpha value is -2.17. The van der Waals surface area contributed by atoms with Crippen LogP contribution in [0, 0.1) is 13.8 Å². The Morgan fingerprint density at radius 2 is 2.06 bits per heavy atom. The van der Waals surface area contributed by atoms with Crippen molar-refractivity contribution in [3.05, 3.63) is 42.1 Å². The average Bonchev–Trinajstić information content (AvgIpc) is 2.64. The van der Waals surface area contributed by atoms with Crippen LogP contribution in [0.1, 0.15) is 11.4 Å². The molecule has 2 rings (SSSR count). The van der Waals surface area contributed by atoms with Crippen molar-refractivity contribution >= 4 is 12.1 Å². The first kappa shape index (κ1) is 13.9. The SMILES string of the molecule is CN(C)/C=C/C=O.Cc1nc2ncccn2c1C. The second-order valence-electron chi connectivity index (χ2n) is 4.01. The van der Waals surface area contributed by atoms with Crippen molar-refractivity contribution < 1.29 is 4.79 Å². The number of hydrogen-bond donors (Lipinski definition) is 0. The average molecular weight is 246 g/mol. The van der Waals surface area contributed by atoms with E-state index in [1.807, 2.05) is 44.6 Å². The van der Waals surface area contributed by atoms with Gasteiger partial charge in [0.1, 0.15) is 6.29 Å². The molecular weight excluding hydrogens is 228 g/mol. The molecule has 2 aromatic rings. The van der Waals surface area contributed by atoms with Gasteiger partial charge in [-0.25, -0.2) is 9.97 Å². The van der Waals surface area contributed by atoms with Gasteiger partial charge in [-0.05, 0) is 26.0 Å². The number of carbonyl (C=O) groups is 1. The van der Waals surface area contributed by atoms with Gasteiger partial charge >= 0.3 is 0 Å². The Kier molecular flexibility index (Phi) is 5.05. The van der Waals surface area contributed by atoms with Crippen LogP contribution in [-0.4, -0.2) is 39.7 Å². The summed E-state index contributed by atoms with van der Waals surface area (Å²) in [5.74, 6) is 0.780. The van der Waals surface area contributed by atoms with E-state index in [1.165, 1.54) is 6.08 Å². The third kappa shape index (κ3) is 3.69. The number of hydrogen-bond acceptors (Lipinski definition) is 4. The fourth-order valence-corrected chi connectivity index (χ4v) is 1.32. The first-order chi connectivity index (χ1) is 8.56. The van der Waals surface area contributed by atoms with Crippen LogP contribution in [0.15, 0.2) is 30.7 Å². The molecule has 0 amide bonds. The van der Waals surface area contributed by atoms with E-state index < -0.39 is 0 Å². The minimum atomic E-state index is 0.750. The van der Waals surface area contributed by atoms with Crippen molar-refractivity contribution in [2.24, 2.45) is 0 Å². The van der Waals surface area contributed by atoms with Crippen molar-refractivity contribution in [1.82, 2.24) is 19.3 Å². The van der Waals surface area contributed by atoms with Crippen LogP contribution < -0.4 is 0 Å². The highest BCUT2D eigenvalue weighted by Gasteiger charge is 2.01. The second kappa shape index (κ2) is 6.54. The van der Waals surface area contributed by atoms with Crippen molar-refractivity contribution in [2.75, 3.05) is 14.1 Å². The topological polar surface area (TPSA) is 50.5 Å². The maximum atomic E-state index is 9.60. The summed E-state index contributed by atoms with van der Waals surface area (Å²) < 4.78 is 1.98. The highest BCUT2D eigenvalue weighted by Crippen LogP contribution is 2.06. The van der Waals surface area contributed by atoms with Crippen LogP contribution in [0.5, 0.6) is 0 Å². The standard InChI is InChI=1S/C8H9N3.C5H9NO/c1-6-7(2)11-5-3-4-9-8(11)10-6;1-6(2)4-3-5-7/h3-5H,1-2H3;3-5H,1-2H3/b;4-3+. The fraction of sp³-hybridized carbons (Fsp3) is 0.308. The molecule has 0 saturated heterocycles. The minimum Gasteiger partial charge on any atom is -0.383 e. The van der Waals surface area contributed by atoms with E-state index in [0.717, 1.165) is 23.5 Å². The highest BCUT2D eigenvalue weighted by atomic mass is 16.1. The molecular formula is C13H18N4O. The van der Waals surface area contributed by atoms with Crippen molar-refractivity contribution in [3.8, 4) is 0 Å². The Balaban J connectivity index is 0.000000203. The van der Waals surface area contributed by atoms with Crippen LogP contribution in [0.2, 0.25) is 0 Å². The smallest absolute Gasteiger partial charge is 0.234 e. The van der Waals surface area contributed by atoms with Crippen LogP contribution in [-0.2, 0) is 4.79 Å². The molecule has 18 heavy (non-hydrogen) atoms. The number of aryl methyl sites for hydroxylation is 2. The molecule has 0 spiro atoms. The third-order valence-corrected chi connectivity index (χ3v) is 2.34. The molecule has 0 saturated carbocycles. The third-order valence-electron chi connectivity index (χ3n) is 2.34. The van der Waals surface area contributed by atoms with Gasteiger partial charge in [-0.2, -0.15) is 0 Å². The summed E-state index contributed by atoms with van der Waals surface area (Å²) in [6, 6.07) is 1.90. The molecule has 0 N–H and O–H groups in total. The van der Waals surface area contributed by atoms with Crippen LogP contribution in [0.25, 0.3) is 5.78 Å². The zero-order valence-electron chi connectivity index (χ0n) is 11.2. The molecule has 0 aromatic carbocycles. The molecule has 0 bridgehead atoms. The van der Waals surface area contributed by atoms with Gasteiger partial charge in [0.05, 0.1) is 5.69 Å². The van der Waals surface area contributed by atoms with Gasteiger partial charge in [0.25, 0.3) is 0 Å². The largest absolute Gasteiger partial charge is 0.383 e. The maximum absolute atomic E-state index is 9.60. The van der Waals surface area contributed by atoms with Gasteiger partial charge in [0, 0.05) is 38.4 Å². The van der Waals surface area contributed by atoms with Crippen molar-refractivity contribution in [3.63, 3.8) is 0 Å². The molecule has 5 heteroatoms. The van der Waals surface area contributed by atoms with Crippen molar-refractivity contribution in [2.45, 2.75) is 13.8 Å². The molecule has 2 heterocycles. The summed E-state index contributed by atoms with van der Waals surface area (Å²) >= 11 is 0. The molecule has 5 nitrogen and oxygen atoms in total. The lowest BCUT2D eigenvalue weighted by Crippen LogP contribution is -1.99. The van der Waals surface area contributed by atoms with E-state index in [4.69, 9.17) is 0 Å². The Labute approximate surface area is 107 Å². The molecule has 0 radical (unpaired) electrons. The molecule has 0 atom stereocenters. The molecule has 0 unspecified atom stereocenters. The van der Waals surface area contributed by atoms with Gasteiger partial charge in [0.15, 0.2) is 0 Å². The number of imidazole rings is 1. The van der Waals surface area contributed by atoms with Gasteiger partial charge in [-0.15, -0.1) is 0 Å². The highest BCUT2D eigenvalue weighted by molar-refractivity contribution is 5.64. The van der Waals surface area contributed by atoms with Gasteiger partial charge < -0.3 is 4.90 Å². The lowest BCUT2D eigenvalue weighted by Gasteiger charge is -1.99. The number of nitrogens with zero attached hydrogens (tertiary/aromatic N) is 4. The van der Waals surface area contributed by atoms with E-state index in [1.54, 1.807) is 17.3 Å². The Bertz CT molecular complexity index is 543. The number of aromatic nitrogens is 3. The minimum absolute atomic E-state index is 0.750. The first-order valence-corrected chi connectivity index (χ1v) is 5.61. The number of rotatable bonds is 2. The second-order valence-corrected chi connectivity index (χ2v) is 4.01. The lowest BCUT2D eigenvalue weighted by molar-refractivity contribution is -0.104. The Morgan fingerprint density at radius 1 is 1.33 bits per heavy atom. The summed E-state index contributed by atoms with van der Waals surface area (Å²) in [4.78, 5) is 19.8. The summed E-state index contributed by atoms with van der Waals surface area (Å²) in [6.45, 7) is 4.03. The molecule has 0 aliphatic carbocycles. The van der Waals surface area contributed by atoms with Gasteiger partial charge in [-0.1, -0.05) is 0 Å². The number of aldehydes is 1. The summed E-state index contributed by atoms with van der Waals surface area (Å²) in [7, 11) is 3.72. The Morgan fingerprint density at radius 3 is 2.56 bits per heavy atom. The quantitative estimate of drug-likeness (QED) is 0.596. The zero-order valence-corrected chi connectivity index (χ0v) is 11.2. The normalized spacial score (nSPS) is 10.2. The predicted octanol–water partition coefficient (Wildman–Crippen LogP) is 1.61. The van der Waals surface area contributed by atoms with E-state index in [2.05, 4.69) is 9.97 Å². The molecule has 0 fully saturated rings. The molecule has 96 valence electrons. The zero-order chi connectivity index (χ0) is 13.5. The van der Waals surface area contributed by atoms with Crippen LogP contribution >= 0.6 is 0 Å². The van der Waals surface area contributed by atoms with Gasteiger partial charge in [-0.3, -0.25) is 9.20 Å². The van der Waals surface area contributed by atoms with Gasteiger partial charge in [0.2, 0.25) is 5.78 Å². The van der Waals surface area contributed by atoms with E-state index in [-0.39, 0.29) is 0 Å². The summed E-state index contributed by atoms with van der Waals surface area (Å²) in [6.07, 6.45) is 7.60. The lowest BCUT2D eigenvalue weighted by atomic mass is 10.4. The van der Waals surface area contributed by atoms with Crippen molar-refractivity contribution in [1.29, 1.82) is 0 Å². The summed E-state index contributed by atoms with van der Waals surface area (Å²) in [5.41, 5.74) is 2.21. The van der Waals surface area contributed by atoms with Crippen LogP contribution in [0.4, 0.5) is 0 Å². The number of allylic oxidation sites excluding steroid dienone is 1. The molecule has 2 aromatic heterocycles. The van der Waals surface area contributed by atoms with E-state index >= 15 is 0 Å². The fourth-order valence-electron chi connectivity index (χ4n) is 1.32. The monoisotopic (exact) mass is 246 g/mol. The van der Waals surface area contributed by atoms with E-state index in [0.29, 0.717) is 0 Å². The van der Waals surface area contributed by atoms with Crippen LogP contribution in [0.3, 0.4) is 0 Å². The first-order valence-electron chi connectivity index (χ1n) is 5.61. The molecule has 0 aliphatic heterocycles. The summed E-state index contributed by atoms with van der Waals surface area (Å²) in [5, 5.41) is 0. The molecule has 0 aliphatic rings. The maximum Gasteiger partial charge on any atom is 0.234 e. The number of carbonyl (C=O) groups excluding carboxylic acids is 1. The predicted molar refractivity (Wildman–Crippen MR) is 71.4 cm³/mol. The van der Waals surface area contributed by atoms with E-state index in [9.17, 15) is 4.79 Å².